The fourth-order valence-corrected chi connectivity index (χ4v) is 3.27. The van der Waals surface area contributed by atoms with Gasteiger partial charge in [0.05, 0.1) is 6.04 Å². The maximum Gasteiger partial charge on any atom is 0.237 e. The lowest BCUT2D eigenvalue weighted by atomic mass is 9.80. The van der Waals surface area contributed by atoms with Crippen molar-refractivity contribution in [2.45, 2.75) is 58.0 Å². The number of amides is 1. The Morgan fingerprint density at radius 1 is 1.19 bits per heavy atom. The first-order valence-electron chi connectivity index (χ1n) is 6.69. The Balaban J connectivity index is 1.81. The molecule has 16 heavy (non-hydrogen) atoms. The normalized spacial score (nSPS) is 39.6. The zero-order chi connectivity index (χ0) is 11.5. The topological polar surface area (TPSA) is 41.1 Å². The minimum Gasteiger partial charge on any atom is -0.352 e. The van der Waals surface area contributed by atoms with Crippen molar-refractivity contribution in [3.63, 3.8) is 0 Å². The van der Waals surface area contributed by atoms with E-state index in [1.54, 1.807) is 0 Å². The van der Waals surface area contributed by atoms with E-state index in [2.05, 4.69) is 24.5 Å². The largest absolute Gasteiger partial charge is 0.352 e. The second-order valence-electron chi connectivity index (χ2n) is 5.77. The van der Waals surface area contributed by atoms with E-state index in [9.17, 15) is 4.79 Å². The van der Waals surface area contributed by atoms with Crippen LogP contribution in [0, 0.1) is 11.8 Å². The second-order valence-corrected chi connectivity index (χ2v) is 5.77. The van der Waals surface area contributed by atoms with Crippen LogP contribution < -0.4 is 10.6 Å². The summed E-state index contributed by atoms with van der Waals surface area (Å²) in [4.78, 5) is 12.0. The third kappa shape index (κ3) is 2.97. The molecule has 2 rings (SSSR count). The minimum absolute atomic E-state index is 0.0764. The average Bonchev–Trinajstić information content (AvgIpc) is 2.68. The van der Waals surface area contributed by atoms with Crippen LogP contribution in [0.2, 0.25) is 0 Å². The van der Waals surface area contributed by atoms with Gasteiger partial charge in [-0.15, -0.1) is 0 Å². The third-order valence-electron chi connectivity index (χ3n) is 3.90. The van der Waals surface area contributed by atoms with Crippen LogP contribution >= 0.6 is 0 Å². The van der Waals surface area contributed by atoms with Gasteiger partial charge in [0.15, 0.2) is 0 Å². The molecule has 1 saturated heterocycles. The van der Waals surface area contributed by atoms with E-state index in [4.69, 9.17) is 0 Å². The molecule has 2 N–H and O–H groups in total. The molecule has 0 aromatic carbocycles. The monoisotopic (exact) mass is 224 g/mol. The van der Waals surface area contributed by atoms with Crippen LogP contribution in [0.5, 0.6) is 0 Å². The van der Waals surface area contributed by atoms with Gasteiger partial charge in [0.1, 0.15) is 0 Å². The molecule has 0 aromatic heterocycles. The Kier molecular flexibility index (Phi) is 3.85. The summed E-state index contributed by atoms with van der Waals surface area (Å²) < 4.78 is 0. The zero-order valence-electron chi connectivity index (χ0n) is 10.5. The van der Waals surface area contributed by atoms with Gasteiger partial charge in [0, 0.05) is 6.04 Å². The summed E-state index contributed by atoms with van der Waals surface area (Å²) >= 11 is 0. The Labute approximate surface area is 98.4 Å². The molecule has 3 atom stereocenters. The Morgan fingerprint density at radius 2 is 1.88 bits per heavy atom. The molecule has 2 fully saturated rings. The minimum atomic E-state index is 0.0764. The van der Waals surface area contributed by atoms with Crippen molar-refractivity contribution in [2.24, 2.45) is 11.8 Å². The predicted octanol–water partition coefficient (Wildman–Crippen LogP) is 1.68. The highest BCUT2D eigenvalue weighted by Gasteiger charge is 2.28. The molecule has 0 radical (unpaired) electrons. The van der Waals surface area contributed by atoms with Crippen LogP contribution in [-0.4, -0.2) is 24.5 Å². The van der Waals surface area contributed by atoms with E-state index in [1.165, 1.54) is 6.42 Å². The van der Waals surface area contributed by atoms with Crippen LogP contribution in [-0.2, 0) is 4.79 Å². The van der Waals surface area contributed by atoms with Crippen LogP contribution in [0.1, 0.15) is 46.0 Å². The number of nitrogens with one attached hydrogen (secondary N) is 2. The average molecular weight is 224 g/mol. The summed E-state index contributed by atoms with van der Waals surface area (Å²) in [6, 6.07) is 0.487. The maximum absolute atomic E-state index is 12.0. The summed E-state index contributed by atoms with van der Waals surface area (Å²) in [5, 5.41) is 6.48. The van der Waals surface area contributed by atoms with Crippen LogP contribution in [0.3, 0.4) is 0 Å². The highest BCUT2D eigenvalue weighted by molar-refractivity contribution is 5.82. The van der Waals surface area contributed by atoms with Crippen molar-refractivity contribution >= 4 is 5.91 Å². The molecule has 0 aromatic rings. The number of hydrogen-bond donors (Lipinski definition) is 2. The van der Waals surface area contributed by atoms with Gasteiger partial charge in [-0.2, -0.15) is 0 Å². The Morgan fingerprint density at radius 3 is 2.44 bits per heavy atom. The van der Waals surface area contributed by atoms with Gasteiger partial charge in [-0.25, -0.2) is 0 Å². The molecular formula is C13H24N2O. The van der Waals surface area contributed by atoms with Gasteiger partial charge < -0.3 is 10.6 Å². The molecule has 1 amide bonds. The third-order valence-corrected chi connectivity index (χ3v) is 3.90. The molecule has 0 bridgehead atoms. The molecule has 3 heteroatoms. The summed E-state index contributed by atoms with van der Waals surface area (Å²) in [5.74, 6) is 1.74. The van der Waals surface area contributed by atoms with Gasteiger partial charge in [-0.3, -0.25) is 4.79 Å². The lowest BCUT2D eigenvalue weighted by Gasteiger charge is -2.32. The van der Waals surface area contributed by atoms with Crippen LogP contribution in [0.25, 0.3) is 0 Å². The van der Waals surface area contributed by atoms with E-state index >= 15 is 0 Å². The number of carbonyl (C=O) groups is 1. The Bertz CT molecular complexity index is 238. The highest BCUT2D eigenvalue weighted by atomic mass is 16.2. The zero-order valence-corrected chi connectivity index (χ0v) is 10.5. The predicted molar refractivity (Wildman–Crippen MR) is 65.1 cm³/mol. The van der Waals surface area contributed by atoms with Crippen molar-refractivity contribution in [3.8, 4) is 0 Å². The van der Waals surface area contributed by atoms with E-state index in [0.717, 1.165) is 44.1 Å². The second kappa shape index (κ2) is 5.17. The molecule has 92 valence electrons. The lowest BCUT2D eigenvalue weighted by Crippen LogP contribution is -2.47. The van der Waals surface area contributed by atoms with Crippen molar-refractivity contribution in [1.29, 1.82) is 0 Å². The summed E-state index contributed by atoms with van der Waals surface area (Å²) in [5.41, 5.74) is 0. The number of rotatable bonds is 2. The highest BCUT2D eigenvalue weighted by Crippen LogP contribution is 2.28. The molecule has 1 heterocycles. The first kappa shape index (κ1) is 11.9. The first-order valence-corrected chi connectivity index (χ1v) is 6.69. The molecule has 2 aliphatic rings. The van der Waals surface area contributed by atoms with Crippen molar-refractivity contribution < 1.29 is 4.79 Å². The molecule has 1 aliphatic carbocycles. The van der Waals surface area contributed by atoms with Gasteiger partial charge in [-0.1, -0.05) is 13.8 Å². The van der Waals surface area contributed by atoms with E-state index < -0.39 is 0 Å². The van der Waals surface area contributed by atoms with Crippen LogP contribution in [0.15, 0.2) is 0 Å². The van der Waals surface area contributed by atoms with E-state index in [0.29, 0.717) is 6.04 Å². The lowest BCUT2D eigenvalue weighted by molar-refractivity contribution is -0.123. The fourth-order valence-electron chi connectivity index (χ4n) is 3.27. The first-order chi connectivity index (χ1) is 7.65. The molecule has 2 unspecified atom stereocenters. The molecule has 1 aliphatic heterocycles. The SMILES string of the molecule is CC1CC(C)CC(NC(=O)[C@H]2CCCN2)C1. The standard InChI is InChI=1S/C13H24N2O/c1-9-6-10(2)8-11(7-9)15-13(16)12-4-3-5-14-12/h9-12,14H,3-8H2,1-2H3,(H,15,16)/t9?,10?,11?,12-/m1/s1. The Hall–Kier alpha value is -0.570. The quantitative estimate of drug-likeness (QED) is 0.749. The summed E-state index contributed by atoms with van der Waals surface area (Å²) in [6.45, 7) is 5.58. The fraction of sp³-hybridized carbons (Fsp3) is 0.923. The molecule has 1 saturated carbocycles. The maximum atomic E-state index is 12.0. The number of carbonyl (C=O) groups excluding carboxylic acids is 1. The number of hydrogen-bond acceptors (Lipinski definition) is 2. The van der Waals surface area contributed by atoms with Gasteiger partial charge in [0.25, 0.3) is 0 Å². The van der Waals surface area contributed by atoms with Crippen molar-refractivity contribution in [2.75, 3.05) is 6.54 Å². The smallest absolute Gasteiger partial charge is 0.237 e. The summed E-state index contributed by atoms with van der Waals surface area (Å²) in [7, 11) is 0. The molecular weight excluding hydrogens is 200 g/mol. The molecule has 0 spiro atoms. The van der Waals surface area contributed by atoms with Gasteiger partial charge in [0.2, 0.25) is 5.91 Å². The summed E-state index contributed by atoms with van der Waals surface area (Å²) in [6.07, 6.45) is 5.76. The van der Waals surface area contributed by atoms with Gasteiger partial charge >= 0.3 is 0 Å². The van der Waals surface area contributed by atoms with Crippen molar-refractivity contribution in [3.05, 3.63) is 0 Å². The van der Waals surface area contributed by atoms with Crippen molar-refractivity contribution in [1.82, 2.24) is 10.6 Å². The van der Waals surface area contributed by atoms with E-state index in [1.807, 2.05) is 0 Å². The molecule has 3 nitrogen and oxygen atoms in total. The van der Waals surface area contributed by atoms with Crippen LogP contribution in [0.4, 0.5) is 0 Å². The van der Waals surface area contributed by atoms with E-state index in [-0.39, 0.29) is 11.9 Å². The van der Waals surface area contributed by atoms with Gasteiger partial charge in [-0.05, 0) is 50.5 Å².